The molecular formula is C22H28N2O4. The van der Waals surface area contributed by atoms with Crippen LogP contribution in [0.3, 0.4) is 0 Å². The van der Waals surface area contributed by atoms with Crippen molar-refractivity contribution in [2.75, 3.05) is 7.11 Å². The fourth-order valence-corrected chi connectivity index (χ4v) is 3.26. The van der Waals surface area contributed by atoms with Crippen molar-refractivity contribution in [2.24, 2.45) is 0 Å². The Labute approximate surface area is 165 Å². The zero-order chi connectivity index (χ0) is 20.8. The van der Waals surface area contributed by atoms with E-state index in [-0.39, 0.29) is 29.7 Å². The van der Waals surface area contributed by atoms with Gasteiger partial charge in [-0.25, -0.2) is 4.79 Å². The van der Waals surface area contributed by atoms with Gasteiger partial charge in [0, 0.05) is 25.2 Å². The summed E-state index contributed by atoms with van der Waals surface area (Å²) < 4.78 is 4.86. The molecule has 6 nitrogen and oxygen atoms in total. The van der Waals surface area contributed by atoms with Crippen LogP contribution in [0, 0.1) is 6.92 Å². The second-order valence-electron chi connectivity index (χ2n) is 6.97. The van der Waals surface area contributed by atoms with E-state index in [4.69, 9.17) is 4.74 Å². The minimum atomic E-state index is -0.554. The third kappa shape index (κ3) is 4.68. The van der Waals surface area contributed by atoms with Crippen LogP contribution in [0.1, 0.15) is 64.9 Å². The van der Waals surface area contributed by atoms with Crippen molar-refractivity contribution < 1.29 is 19.1 Å². The Morgan fingerprint density at radius 3 is 2.36 bits per heavy atom. The van der Waals surface area contributed by atoms with E-state index in [1.54, 1.807) is 11.8 Å². The van der Waals surface area contributed by atoms with Gasteiger partial charge in [0.05, 0.1) is 24.8 Å². The molecule has 0 saturated carbocycles. The average molecular weight is 384 g/mol. The molecule has 1 N–H and O–H groups in total. The van der Waals surface area contributed by atoms with Gasteiger partial charge in [-0.15, -0.1) is 0 Å². The van der Waals surface area contributed by atoms with Crippen LogP contribution < -0.4 is 0 Å². The fraction of sp³-hybridized carbons (Fsp3) is 0.409. The number of hydrogen-bond acceptors (Lipinski definition) is 4. The van der Waals surface area contributed by atoms with E-state index in [1.165, 1.54) is 14.0 Å². The number of benzene rings is 1. The molecule has 1 aromatic heterocycles. The number of esters is 1. The zero-order valence-electron chi connectivity index (χ0n) is 17.2. The van der Waals surface area contributed by atoms with Gasteiger partial charge in [0.15, 0.2) is 5.78 Å². The van der Waals surface area contributed by atoms with Crippen molar-refractivity contribution in [1.29, 1.82) is 0 Å². The largest absolute Gasteiger partial charge is 0.465 e. The number of aromatic amines is 1. The van der Waals surface area contributed by atoms with Gasteiger partial charge in [0.1, 0.15) is 0 Å². The van der Waals surface area contributed by atoms with E-state index in [0.29, 0.717) is 23.5 Å². The second kappa shape index (κ2) is 9.35. The maximum absolute atomic E-state index is 13.1. The van der Waals surface area contributed by atoms with Crippen molar-refractivity contribution >= 4 is 17.7 Å². The molecule has 1 heterocycles. The minimum absolute atomic E-state index is 0.00424. The van der Waals surface area contributed by atoms with Gasteiger partial charge in [-0.3, -0.25) is 9.59 Å². The minimum Gasteiger partial charge on any atom is -0.465 e. The highest BCUT2D eigenvalue weighted by molar-refractivity contribution is 6.01. The summed E-state index contributed by atoms with van der Waals surface area (Å²) in [7, 11) is 1.29. The number of methoxy groups -OCH3 is 1. The number of H-pyrrole nitrogens is 1. The molecule has 0 saturated heterocycles. The summed E-state index contributed by atoms with van der Waals surface area (Å²) in [6.45, 7) is 7.63. The number of nitrogens with zero attached hydrogens (tertiary/aromatic N) is 1. The van der Waals surface area contributed by atoms with E-state index in [9.17, 15) is 14.4 Å². The van der Waals surface area contributed by atoms with E-state index >= 15 is 0 Å². The van der Waals surface area contributed by atoms with Crippen LogP contribution >= 0.6 is 0 Å². The lowest BCUT2D eigenvalue weighted by molar-refractivity contribution is -0.133. The Morgan fingerprint density at radius 1 is 1.18 bits per heavy atom. The Kier molecular flexibility index (Phi) is 7.15. The lowest BCUT2D eigenvalue weighted by Gasteiger charge is -2.29. The molecule has 0 radical (unpaired) electrons. The molecule has 0 aliphatic carbocycles. The molecule has 2 rings (SSSR count). The predicted octanol–water partition coefficient (Wildman–Crippen LogP) is 3.68. The van der Waals surface area contributed by atoms with Crippen LogP contribution in [0.25, 0.3) is 0 Å². The number of hydrogen-bond donors (Lipinski definition) is 1. The van der Waals surface area contributed by atoms with E-state index in [2.05, 4.69) is 4.98 Å². The lowest BCUT2D eigenvalue weighted by Crippen LogP contribution is -2.39. The number of rotatable bonds is 8. The van der Waals surface area contributed by atoms with E-state index < -0.39 is 5.97 Å². The Bertz CT molecular complexity index is 855. The molecular weight excluding hydrogens is 356 g/mol. The molecule has 150 valence electrons. The van der Waals surface area contributed by atoms with Gasteiger partial charge in [-0.1, -0.05) is 37.3 Å². The standard InChI is InChI=1S/C22H28N2O4/c1-6-14(2)24(13-17-10-8-7-9-11-17)19(26)12-18-20(22(27)28-5)15(3)21(23-18)16(4)25/h7-11,14,23H,6,12-13H2,1-5H3. The average Bonchev–Trinajstić information content (AvgIpc) is 3.01. The molecule has 0 fully saturated rings. The maximum Gasteiger partial charge on any atom is 0.339 e. The molecule has 0 aliphatic rings. The molecule has 28 heavy (non-hydrogen) atoms. The van der Waals surface area contributed by atoms with Gasteiger partial charge in [-0.05, 0) is 31.4 Å². The van der Waals surface area contributed by atoms with E-state index in [1.807, 2.05) is 44.2 Å². The first-order valence-electron chi connectivity index (χ1n) is 9.44. The van der Waals surface area contributed by atoms with Crippen molar-refractivity contribution in [3.8, 4) is 0 Å². The zero-order valence-corrected chi connectivity index (χ0v) is 17.2. The highest BCUT2D eigenvalue weighted by Crippen LogP contribution is 2.22. The van der Waals surface area contributed by atoms with Gasteiger partial charge in [0.2, 0.25) is 5.91 Å². The maximum atomic E-state index is 13.1. The summed E-state index contributed by atoms with van der Waals surface area (Å²) in [5.74, 6) is -0.855. The van der Waals surface area contributed by atoms with Crippen LogP contribution in [0.2, 0.25) is 0 Å². The smallest absolute Gasteiger partial charge is 0.339 e. The first kappa shape index (κ1) is 21.4. The SMILES string of the molecule is CCC(C)N(Cc1ccccc1)C(=O)Cc1[nH]c(C(C)=O)c(C)c1C(=O)OC. The molecule has 0 spiro atoms. The number of carbonyl (C=O) groups is 3. The first-order valence-corrected chi connectivity index (χ1v) is 9.44. The van der Waals surface area contributed by atoms with Crippen LogP contribution in [0.4, 0.5) is 0 Å². The highest BCUT2D eigenvalue weighted by Gasteiger charge is 2.27. The van der Waals surface area contributed by atoms with Crippen LogP contribution in [-0.4, -0.2) is 40.7 Å². The van der Waals surface area contributed by atoms with Crippen LogP contribution in [0.15, 0.2) is 30.3 Å². The number of ketones is 1. The number of carbonyl (C=O) groups excluding carboxylic acids is 3. The number of aromatic nitrogens is 1. The summed E-state index contributed by atoms with van der Waals surface area (Å²) in [4.78, 5) is 42.0. The quantitative estimate of drug-likeness (QED) is 0.556. The molecule has 1 atom stereocenters. The van der Waals surface area contributed by atoms with Gasteiger partial charge < -0.3 is 14.6 Å². The molecule has 1 unspecified atom stereocenters. The lowest BCUT2D eigenvalue weighted by atomic mass is 10.1. The summed E-state index contributed by atoms with van der Waals surface area (Å²) in [5, 5.41) is 0. The molecule has 0 bridgehead atoms. The summed E-state index contributed by atoms with van der Waals surface area (Å²) in [6, 6.07) is 9.82. The summed E-state index contributed by atoms with van der Waals surface area (Å²) >= 11 is 0. The van der Waals surface area contributed by atoms with Crippen molar-refractivity contribution in [3.05, 3.63) is 58.4 Å². The van der Waals surface area contributed by atoms with E-state index in [0.717, 1.165) is 12.0 Å². The Morgan fingerprint density at radius 2 is 1.82 bits per heavy atom. The van der Waals surface area contributed by atoms with Crippen LogP contribution in [0.5, 0.6) is 0 Å². The topological polar surface area (TPSA) is 79.5 Å². The van der Waals surface area contributed by atoms with Crippen molar-refractivity contribution in [2.45, 2.75) is 53.1 Å². The third-order valence-electron chi connectivity index (χ3n) is 5.04. The first-order chi connectivity index (χ1) is 13.3. The van der Waals surface area contributed by atoms with Gasteiger partial charge >= 0.3 is 5.97 Å². The van der Waals surface area contributed by atoms with Gasteiger partial charge in [-0.2, -0.15) is 0 Å². The molecule has 1 amide bonds. The number of amides is 1. The fourth-order valence-electron chi connectivity index (χ4n) is 3.26. The molecule has 6 heteroatoms. The molecule has 2 aromatic rings. The summed E-state index contributed by atoms with van der Waals surface area (Å²) in [5.41, 5.74) is 2.57. The number of ether oxygens (including phenoxy) is 1. The number of Topliss-reactive ketones (excluding diaryl/α,β-unsaturated/α-hetero) is 1. The van der Waals surface area contributed by atoms with Crippen molar-refractivity contribution in [1.82, 2.24) is 9.88 Å². The second-order valence-corrected chi connectivity index (χ2v) is 6.97. The Hall–Kier alpha value is -2.89. The normalized spacial score (nSPS) is 11.8. The Balaban J connectivity index is 2.35. The third-order valence-corrected chi connectivity index (χ3v) is 5.04. The molecule has 1 aromatic carbocycles. The highest BCUT2D eigenvalue weighted by atomic mass is 16.5. The molecule has 0 aliphatic heterocycles. The van der Waals surface area contributed by atoms with Gasteiger partial charge in [0.25, 0.3) is 0 Å². The van der Waals surface area contributed by atoms with Crippen LogP contribution in [-0.2, 0) is 22.5 Å². The predicted molar refractivity (Wildman–Crippen MR) is 107 cm³/mol. The number of nitrogens with one attached hydrogen (secondary N) is 1. The monoisotopic (exact) mass is 384 g/mol. The van der Waals surface area contributed by atoms with Crippen molar-refractivity contribution in [3.63, 3.8) is 0 Å². The summed E-state index contributed by atoms with van der Waals surface area (Å²) in [6.07, 6.45) is 0.806.